The third-order valence-electron chi connectivity index (χ3n) is 3.41. The van der Waals surface area contributed by atoms with Gasteiger partial charge in [0.05, 0.1) is 10.7 Å². The predicted octanol–water partition coefficient (Wildman–Crippen LogP) is 4.61. The Bertz CT molecular complexity index is 548. The molecule has 0 saturated heterocycles. The summed E-state index contributed by atoms with van der Waals surface area (Å²) in [6.07, 6.45) is 0. The minimum Gasteiger partial charge on any atom is -0.295 e. The third kappa shape index (κ3) is 3.56. The van der Waals surface area contributed by atoms with E-state index in [0.29, 0.717) is 6.04 Å². The minimum atomic E-state index is 0.360. The van der Waals surface area contributed by atoms with Gasteiger partial charge in [0, 0.05) is 22.5 Å². The van der Waals surface area contributed by atoms with E-state index in [4.69, 9.17) is 11.6 Å². The van der Waals surface area contributed by atoms with Crippen molar-refractivity contribution in [3.63, 3.8) is 0 Å². The third-order valence-corrected chi connectivity index (χ3v) is 4.72. The highest BCUT2D eigenvalue weighted by Crippen LogP contribution is 2.25. The van der Waals surface area contributed by atoms with Crippen molar-refractivity contribution in [2.45, 2.75) is 33.4 Å². The van der Waals surface area contributed by atoms with Crippen LogP contribution in [0.5, 0.6) is 0 Å². The molecule has 0 radical (unpaired) electrons. The second kappa shape index (κ2) is 6.04. The summed E-state index contributed by atoms with van der Waals surface area (Å²) >= 11 is 7.71. The molecule has 1 aromatic heterocycles. The van der Waals surface area contributed by atoms with Crippen molar-refractivity contribution in [2.75, 3.05) is 7.05 Å². The van der Waals surface area contributed by atoms with E-state index < -0.39 is 0 Å². The zero-order valence-electron chi connectivity index (χ0n) is 11.8. The molecule has 2 nitrogen and oxygen atoms in total. The summed E-state index contributed by atoms with van der Waals surface area (Å²) in [6, 6.07) is 8.44. The molecule has 0 saturated carbocycles. The van der Waals surface area contributed by atoms with Crippen molar-refractivity contribution in [3.05, 3.63) is 50.4 Å². The molecule has 0 amide bonds. The van der Waals surface area contributed by atoms with Gasteiger partial charge >= 0.3 is 0 Å². The van der Waals surface area contributed by atoms with E-state index in [2.05, 4.69) is 49.8 Å². The molecule has 0 aliphatic rings. The first-order chi connectivity index (χ1) is 8.97. The van der Waals surface area contributed by atoms with Crippen LogP contribution in [0, 0.1) is 13.8 Å². The number of halogens is 1. The maximum absolute atomic E-state index is 5.93. The van der Waals surface area contributed by atoms with Crippen molar-refractivity contribution >= 4 is 22.9 Å². The van der Waals surface area contributed by atoms with Gasteiger partial charge in [-0.1, -0.05) is 23.7 Å². The highest BCUT2D eigenvalue weighted by Gasteiger charge is 2.14. The molecule has 1 heterocycles. The molecule has 0 aliphatic carbocycles. The Morgan fingerprint density at radius 2 is 1.89 bits per heavy atom. The Balaban J connectivity index is 2.09. The first-order valence-corrected chi connectivity index (χ1v) is 7.55. The second-order valence-electron chi connectivity index (χ2n) is 4.88. The molecule has 102 valence electrons. The van der Waals surface area contributed by atoms with Crippen molar-refractivity contribution < 1.29 is 0 Å². The molecule has 1 aromatic carbocycles. The van der Waals surface area contributed by atoms with Crippen LogP contribution < -0.4 is 0 Å². The Morgan fingerprint density at radius 1 is 1.26 bits per heavy atom. The number of aromatic nitrogens is 1. The van der Waals surface area contributed by atoms with Gasteiger partial charge in [0.15, 0.2) is 0 Å². The van der Waals surface area contributed by atoms with Crippen molar-refractivity contribution in [1.82, 2.24) is 9.88 Å². The van der Waals surface area contributed by atoms with Gasteiger partial charge in [-0.3, -0.25) is 4.90 Å². The van der Waals surface area contributed by atoms with Crippen molar-refractivity contribution in [2.24, 2.45) is 0 Å². The molecule has 1 atom stereocenters. The predicted molar refractivity (Wildman–Crippen MR) is 82.9 cm³/mol. The fourth-order valence-corrected chi connectivity index (χ4v) is 3.21. The summed E-state index contributed by atoms with van der Waals surface area (Å²) in [6.45, 7) is 7.29. The van der Waals surface area contributed by atoms with E-state index in [1.807, 2.05) is 12.1 Å². The largest absolute Gasteiger partial charge is 0.295 e. The highest BCUT2D eigenvalue weighted by atomic mass is 35.5. The molecule has 0 fully saturated rings. The molecule has 1 unspecified atom stereocenters. The first-order valence-electron chi connectivity index (χ1n) is 6.36. The Morgan fingerprint density at radius 3 is 2.42 bits per heavy atom. The van der Waals surface area contributed by atoms with Gasteiger partial charge in [-0.2, -0.15) is 0 Å². The summed E-state index contributed by atoms with van der Waals surface area (Å²) in [5, 5.41) is 1.92. The summed E-state index contributed by atoms with van der Waals surface area (Å²) in [4.78, 5) is 8.17. The summed E-state index contributed by atoms with van der Waals surface area (Å²) in [7, 11) is 2.15. The van der Waals surface area contributed by atoms with Crippen LogP contribution in [0.25, 0.3) is 0 Å². The number of rotatable bonds is 4. The maximum atomic E-state index is 5.93. The van der Waals surface area contributed by atoms with E-state index in [0.717, 1.165) is 22.3 Å². The van der Waals surface area contributed by atoms with Crippen LogP contribution in [-0.2, 0) is 6.54 Å². The van der Waals surface area contributed by atoms with E-state index in [-0.39, 0.29) is 0 Å². The van der Waals surface area contributed by atoms with E-state index >= 15 is 0 Å². The lowest BCUT2D eigenvalue weighted by molar-refractivity contribution is 0.254. The Hall–Kier alpha value is -0.900. The zero-order chi connectivity index (χ0) is 14.0. The van der Waals surface area contributed by atoms with Crippen molar-refractivity contribution in [1.29, 1.82) is 0 Å². The number of thiazole rings is 1. The van der Waals surface area contributed by atoms with Crippen LogP contribution in [0.4, 0.5) is 0 Å². The molecule has 0 N–H and O–H groups in total. The van der Waals surface area contributed by atoms with Gasteiger partial charge in [0.25, 0.3) is 0 Å². The molecular weight excluding hydrogens is 276 g/mol. The lowest BCUT2D eigenvalue weighted by Crippen LogP contribution is -2.21. The average molecular weight is 295 g/mol. The number of hydrogen-bond acceptors (Lipinski definition) is 3. The first kappa shape index (κ1) is 14.5. The van der Waals surface area contributed by atoms with E-state index in [9.17, 15) is 0 Å². The number of hydrogen-bond donors (Lipinski definition) is 0. The second-order valence-corrected chi connectivity index (χ2v) is 6.61. The topological polar surface area (TPSA) is 16.1 Å². The monoisotopic (exact) mass is 294 g/mol. The summed E-state index contributed by atoms with van der Waals surface area (Å²) < 4.78 is 0. The molecule has 19 heavy (non-hydrogen) atoms. The molecule has 0 bridgehead atoms. The smallest absolute Gasteiger partial charge is 0.0900 e. The molecule has 0 aliphatic heterocycles. The summed E-state index contributed by atoms with van der Waals surface area (Å²) in [5.74, 6) is 0. The summed E-state index contributed by atoms with van der Waals surface area (Å²) in [5.41, 5.74) is 2.43. The van der Waals surface area contributed by atoms with Crippen LogP contribution in [0.3, 0.4) is 0 Å². The lowest BCUT2D eigenvalue weighted by atomic mass is 10.1. The quantitative estimate of drug-likeness (QED) is 0.819. The van der Waals surface area contributed by atoms with Gasteiger partial charge < -0.3 is 0 Å². The molecule has 2 rings (SSSR count). The number of nitrogens with zero attached hydrogens (tertiary/aromatic N) is 2. The van der Waals surface area contributed by atoms with E-state index in [1.54, 1.807) is 11.3 Å². The SMILES string of the molecule is Cc1nc(C)c(CN(C)C(C)c2ccc(Cl)cc2)s1. The lowest BCUT2D eigenvalue weighted by Gasteiger charge is -2.24. The Kier molecular flexibility index (Phi) is 4.61. The standard InChI is InChI=1S/C15H19ClN2S/c1-10-15(19-12(3)17-10)9-18(4)11(2)13-5-7-14(16)8-6-13/h5-8,11H,9H2,1-4H3. The fraction of sp³-hybridized carbons (Fsp3) is 0.400. The van der Waals surface area contributed by atoms with Gasteiger partial charge in [0.1, 0.15) is 0 Å². The van der Waals surface area contributed by atoms with Crippen LogP contribution in [-0.4, -0.2) is 16.9 Å². The average Bonchev–Trinajstić information content (AvgIpc) is 2.68. The molecule has 4 heteroatoms. The van der Waals surface area contributed by atoms with Crippen molar-refractivity contribution in [3.8, 4) is 0 Å². The van der Waals surface area contributed by atoms with Crippen LogP contribution in [0.15, 0.2) is 24.3 Å². The van der Waals surface area contributed by atoms with E-state index in [1.165, 1.54) is 10.4 Å². The molecule has 2 aromatic rings. The van der Waals surface area contributed by atoms with Gasteiger partial charge in [-0.25, -0.2) is 4.98 Å². The number of aryl methyl sites for hydroxylation is 2. The molecular formula is C15H19ClN2S. The van der Waals surface area contributed by atoms with Crippen LogP contribution >= 0.6 is 22.9 Å². The number of benzene rings is 1. The highest BCUT2D eigenvalue weighted by molar-refractivity contribution is 7.11. The molecule has 0 spiro atoms. The normalized spacial score (nSPS) is 12.9. The van der Waals surface area contributed by atoms with Gasteiger partial charge in [-0.15, -0.1) is 11.3 Å². The zero-order valence-corrected chi connectivity index (χ0v) is 13.3. The van der Waals surface area contributed by atoms with Gasteiger partial charge in [-0.05, 0) is 45.5 Å². The van der Waals surface area contributed by atoms with Crippen LogP contribution in [0.2, 0.25) is 5.02 Å². The fourth-order valence-electron chi connectivity index (χ4n) is 2.08. The van der Waals surface area contributed by atoms with Crippen LogP contribution in [0.1, 0.15) is 34.1 Å². The Labute approximate surface area is 124 Å². The van der Waals surface area contributed by atoms with Gasteiger partial charge in [0.2, 0.25) is 0 Å². The maximum Gasteiger partial charge on any atom is 0.0900 e. The minimum absolute atomic E-state index is 0.360.